The van der Waals surface area contributed by atoms with Crippen LogP contribution in [0.25, 0.3) is 0 Å². The summed E-state index contributed by atoms with van der Waals surface area (Å²) < 4.78 is 5.35. The van der Waals surface area contributed by atoms with Crippen molar-refractivity contribution in [2.24, 2.45) is 10.9 Å². The smallest absolute Gasteiger partial charge is 0.137 e. The Morgan fingerprint density at radius 2 is 1.91 bits per heavy atom. The molecule has 0 bridgehead atoms. The lowest BCUT2D eigenvalue weighted by Gasteiger charge is -2.20. The molecule has 0 radical (unpaired) electrons. The molecule has 0 fully saturated rings. The Kier molecular flexibility index (Phi) is 7.76. The number of nitrogens with one attached hydrogen (secondary N) is 2. The van der Waals surface area contributed by atoms with Crippen LogP contribution in [0.15, 0.2) is 102 Å². The molecule has 2 atom stereocenters. The molecule has 1 unspecified atom stereocenters. The molecule has 2 heterocycles. The van der Waals surface area contributed by atoms with E-state index in [-0.39, 0.29) is 6.04 Å². The second-order valence-electron chi connectivity index (χ2n) is 8.61. The summed E-state index contributed by atoms with van der Waals surface area (Å²) >= 11 is 0. The summed E-state index contributed by atoms with van der Waals surface area (Å²) in [6.45, 7) is 5.17. The highest BCUT2D eigenvalue weighted by atomic mass is 16.5. The summed E-state index contributed by atoms with van der Waals surface area (Å²) in [6, 6.07) is 21.0. The van der Waals surface area contributed by atoms with E-state index in [4.69, 9.17) is 9.73 Å². The van der Waals surface area contributed by atoms with Gasteiger partial charge in [0.25, 0.3) is 0 Å². The van der Waals surface area contributed by atoms with Crippen LogP contribution in [0.3, 0.4) is 0 Å². The van der Waals surface area contributed by atoms with Crippen molar-refractivity contribution in [2.75, 3.05) is 12.4 Å². The van der Waals surface area contributed by atoms with E-state index < -0.39 is 0 Å². The Bertz CT molecular complexity index is 1180. The number of methoxy groups -OCH3 is 1. The molecule has 174 valence electrons. The van der Waals surface area contributed by atoms with Crippen molar-refractivity contribution >= 4 is 11.4 Å². The third-order valence-electron chi connectivity index (χ3n) is 5.80. The molecule has 5 nitrogen and oxygen atoms in total. The number of aliphatic imine (C=N–C) groups is 1. The molecule has 0 spiro atoms. The minimum atomic E-state index is 0.0914. The van der Waals surface area contributed by atoms with Gasteiger partial charge >= 0.3 is 0 Å². The van der Waals surface area contributed by atoms with E-state index in [2.05, 4.69) is 96.2 Å². The highest BCUT2D eigenvalue weighted by Crippen LogP contribution is 2.22. The normalized spacial score (nSPS) is 18.0. The van der Waals surface area contributed by atoms with Gasteiger partial charge in [-0.05, 0) is 60.7 Å². The van der Waals surface area contributed by atoms with E-state index in [9.17, 15) is 0 Å². The maximum Gasteiger partial charge on any atom is 0.137 e. The van der Waals surface area contributed by atoms with Crippen molar-refractivity contribution in [2.45, 2.75) is 32.9 Å². The first kappa shape index (κ1) is 23.3. The fourth-order valence-electron chi connectivity index (χ4n) is 3.87. The number of benzene rings is 2. The van der Waals surface area contributed by atoms with Crippen LogP contribution in [0.5, 0.6) is 5.75 Å². The zero-order chi connectivity index (χ0) is 23.8. The number of nitrogens with zero attached hydrogens (tertiary/aromatic N) is 2. The highest BCUT2D eigenvalue weighted by Gasteiger charge is 2.12. The Morgan fingerprint density at radius 1 is 1.06 bits per heavy atom. The van der Waals surface area contributed by atoms with Gasteiger partial charge in [-0.2, -0.15) is 0 Å². The van der Waals surface area contributed by atoms with Crippen LogP contribution in [0.4, 0.5) is 5.69 Å². The Morgan fingerprint density at radius 3 is 2.74 bits per heavy atom. The van der Waals surface area contributed by atoms with Gasteiger partial charge in [0, 0.05) is 24.0 Å². The molecule has 34 heavy (non-hydrogen) atoms. The molecule has 1 aliphatic heterocycles. The van der Waals surface area contributed by atoms with Crippen molar-refractivity contribution in [3.8, 4) is 5.75 Å². The number of hydrogen-bond donors (Lipinski definition) is 2. The number of ether oxygens (including phenoxy) is 1. The minimum absolute atomic E-state index is 0.0914. The highest BCUT2D eigenvalue weighted by molar-refractivity contribution is 6.09. The molecular formula is C29H32N4O. The standard InChI is InChI=1S/C29H32N4O/c1-21-9-7-14-28(25-17-27(34-3)20-30-19-25)33-29(15-21)32-22(2)24-12-8-13-26(16-24)31-18-23-10-5-4-6-11-23/h4-8,10-17,19-22,31-32H,9,18H2,1-3H3/b14-7?,29-15-,33-28?/t21?,22-/m0/s1. The maximum absolute atomic E-state index is 5.35. The van der Waals surface area contributed by atoms with Crippen molar-refractivity contribution in [1.29, 1.82) is 0 Å². The lowest BCUT2D eigenvalue weighted by molar-refractivity contribution is 0.413. The first-order valence-corrected chi connectivity index (χ1v) is 11.7. The predicted molar refractivity (Wildman–Crippen MR) is 140 cm³/mol. The summed E-state index contributed by atoms with van der Waals surface area (Å²) in [5.74, 6) is 1.97. The van der Waals surface area contributed by atoms with Crippen LogP contribution >= 0.6 is 0 Å². The molecule has 1 aromatic heterocycles. The second-order valence-corrected chi connectivity index (χ2v) is 8.61. The molecule has 0 saturated carbocycles. The van der Waals surface area contributed by atoms with Crippen molar-refractivity contribution < 1.29 is 4.74 Å². The average molecular weight is 453 g/mol. The molecule has 2 aromatic carbocycles. The maximum atomic E-state index is 5.35. The van der Waals surface area contributed by atoms with E-state index in [1.54, 1.807) is 13.3 Å². The molecular weight excluding hydrogens is 420 g/mol. The number of pyridine rings is 1. The quantitative estimate of drug-likeness (QED) is 0.422. The van der Waals surface area contributed by atoms with E-state index in [0.29, 0.717) is 5.92 Å². The molecule has 5 heteroatoms. The summed E-state index contributed by atoms with van der Waals surface area (Å²) in [7, 11) is 1.65. The fourth-order valence-corrected chi connectivity index (χ4v) is 3.87. The average Bonchev–Trinajstić information content (AvgIpc) is 2.86. The van der Waals surface area contributed by atoms with E-state index in [0.717, 1.165) is 41.5 Å². The van der Waals surface area contributed by atoms with Gasteiger partial charge in [-0.15, -0.1) is 0 Å². The van der Waals surface area contributed by atoms with Gasteiger partial charge in [0.2, 0.25) is 0 Å². The summed E-state index contributed by atoms with van der Waals surface area (Å²) in [6.07, 6.45) is 10.9. The molecule has 0 aliphatic carbocycles. The predicted octanol–water partition coefficient (Wildman–Crippen LogP) is 6.28. The zero-order valence-corrected chi connectivity index (χ0v) is 20.0. The van der Waals surface area contributed by atoms with Crippen LogP contribution in [0.2, 0.25) is 0 Å². The molecule has 3 aromatic rings. The van der Waals surface area contributed by atoms with Crippen LogP contribution < -0.4 is 15.4 Å². The summed E-state index contributed by atoms with van der Waals surface area (Å²) in [5.41, 5.74) is 5.35. The van der Waals surface area contributed by atoms with Crippen LogP contribution in [-0.4, -0.2) is 17.8 Å². The molecule has 1 aliphatic rings. The first-order valence-electron chi connectivity index (χ1n) is 11.7. The van der Waals surface area contributed by atoms with E-state index in [1.807, 2.05) is 18.3 Å². The van der Waals surface area contributed by atoms with Gasteiger partial charge in [0.1, 0.15) is 11.6 Å². The number of aromatic nitrogens is 1. The van der Waals surface area contributed by atoms with Gasteiger partial charge in [0.05, 0.1) is 25.1 Å². The van der Waals surface area contributed by atoms with Gasteiger partial charge in [-0.25, -0.2) is 4.99 Å². The largest absolute Gasteiger partial charge is 0.495 e. The van der Waals surface area contributed by atoms with Crippen molar-refractivity contribution in [3.05, 3.63) is 114 Å². The third kappa shape index (κ3) is 6.35. The Hall–Kier alpha value is -3.86. The minimum Gasteiger partial charge on any atom is -0.495 e. The topological polar surface area (TPSA) is 58.5 Å². The molecule has 0 saturated heterocycles. The number of rotatable bonds is 8. The monoisotopic (exact) mass is 452 g/mol. The van der Waals surface area contributed by atoms with Gasteiger partial charge < -0.3 is 15.4 Å². The molecule has 4 rings (SSSR count). The Balaban J connectivity index is 1.51. The van der Waals surface area contributed by atoms with Gasteiger partial charge in [0.15, 0.2) is 0 Å². The Labute approximate surface area is 202 Å². The molecule has 0 amide bonds. The summed E-state index contributed by atoms with van der Waals surface area (Å²) in [4.78, 5) is 9.26. The van der Waals surface area contributed by atoms with Crippen LogP contribution in [0, 0.1) is 5.92 Å². The molecule has 2 N–H and O–H groups in total. The summed E-state index contributed by atoms with van der Waals surface area (Å²) in [5, 5.41) is 7.15. The van der Waals surface area contributed by atoms with Crippen molar-refractivity contribution in [1.82, 2.24) is 10.3 Å². The van der Waals surface area contributed by atoms with E-state index in [1.165, 1.54) is 11.1 Å². The SMILES string of the molecule is COc1cncc(C2=N/C(N[C@@H](C)c3cccc(NCc4ccccc4)c3)=C\C(C)CC=C2)c1. The lowest BCUT2D eigenvalue weighted by Crippen LogP contribution is -2.19. The van der Waals surface area contributed by atoms with Gasteiger partial charge in [-0.1, -0.05) is 55.5 Å². The fraction of sp³-hybridized carbons (Fsp3) is 0.241. The van der Waals surface area contributed by atoms with Crippen LogP contribution in [0.1, 0.15) is 43.0 Å². The number of hydrogen-bond acceptors (Lipinski definition) is 5. The van der Waals surface area contributed by atoms with E-state index >= 15 is 0 Å². The van der Waals surface area contributed by atoms with Crippen LogP contribution in [-0.2, 0) is 6.54 Å². The third-order valence-corrected chi connectivity index (χ3v) is 5.80. The number of allylic oxidation sites excluding steroid dienone is 3. The lowest BCUT2D eigenvalue weighted by atomic mass is 10.0. The van der Waals surface area contributed by atoms with Gasteiger partial charge in [-0.3, -0.25) is 4.98 Å². The van der Waals surface area contributed by atoms with Crippen molar-refractivity contribution in [3.63, 3.8) is 0 Å². The zero-order valence-electron chi connectivity index (χ0n) is 20.0. The first-order chi connectivity index (χ1) is 16.6. The number of anilines is 1. The second kappa shape index (κ2) is 11.3.